The van der Waals surface area contributed by atoms with Crippen molar-refractivity contribution in [3.8, 4) is 6.07 Å². The summed E-state index contributed by atoms with van der Waals surface area (Å²) < 4.78 is 0. The van der Waals surface area contributed by atoms with Crippen molar-refractivity contribution in [3.63, 3.8) is 0 Å². The third-order valence-electron chi connectivity index (χ3n) is 2.54. The SMILES string of the molecule is Cc1cc(N(CCC#N)C2CC2)ncn1. The first-order valence-electron chi connectivity index (χ1n) is 5.23. The minimum absolute atomic E-state index is 0.555. The average Bonchev–Trinajstić information content (AvgIpc) is 3.03. The highest BCUT2D eigenvalue weighted by Gasteiger charge is 2.29. The van der Waals surface area contributed by atoms with Crippen LogP contribution < -0.4 is 4.90 Å². The van der Waals surface area contributed by atoms with Crippen LogP contribution in [0.4, 0.5) is 5.82 Å². The summed E-state index contributed by atoms with van der Waals surface area (Å²) in [7, 11) is 0. The van der Waals surface area contributed by atoms with Crippen LogP contribution in [0.3, 0.4) is 0 Å². The second kappa shape index (κ2) is 4.26. The van der Waals surface area contributed by atoms with Gasteiger partial charge < -0.3 is 4.90 Å². The molecule has 4 heteroatoms. The summed E-state index contributed by atoms with van der Waals surface area (Å²) in [5.41, 5.74) is 0.975. The van der Waals surface area contributed by atoms with E-state index in [-0.39, 0.29) is 0 Å². The fraction of sp³-hybridized carbons (Fsp3) is 0.545. The Balaban J connectivity index is 2.13. The maximum absolute atomic E-state index is 8.61. The Bertz CT molecular complexity index is 378. The van der Waals surface area contributed by atoms with Gasteiger partial charge in [-0.2, -0.15) is 5.26 Å². The van der Waals surface area contributed by atoms with Crippen molar-refractivity contribution < 1.29 is 0 Å². The standard InChI is InChI=1S/C11H14N4/c1-9-7-11(14-8-13-9)15(6-2-5-12)10-3-4-10/h7-8,10H,2-4,6H2,1H3. The molecule has 2 rings (SSSR count). The Labute approximate surface area is 89.6 Å². The predicted octanol–water partition coefficient (Wildman–Crippen LogP) is 1.67. The number of aromatic nitrogens is 2. The molecule has 0 amide bonds. The molecule has 1 aromatic rings. The van der Waals surface area contributed by atoms with E-state index in [2.05, 4.69) is 20.9 Å². The van der Waals surface area contributed by atoms with E-state index in [4.69, 9.17) is 5.26 Å². The highest BCUT2D eigenvalue weighted by Crippen LogP contribution is 2.30. The van der Waals surface area contributed by atoms with E-state index < -0.39 is 0 Å². The van der Waals surface area contributed by atoms with E-state index in [9.17, 15) is 0 Å². The molecule has 4 nitrogen and oxygen atoms in total. The molecule has 0 aromatic carbocycles. The van der Waals surface area contributed by atoms with Gasteiger partial charge in [0.2, 0.25) is 0 Å². The minimum atomic E-state index is 0.555. The van der Waals surface area contributed by atoms with Gasteiger partial charge >= 0.3 is 0 Å². The van der Waals surface area contributed by atoms with E-state index in [0.29, 0.717) is 12.5 Å². The second-order valence-corrected chi connectivity index (χ2v) is 3.85. The van der Waals surface area contributed by atoms with Crippen LogP contribution in [0.2, 0.25) is 0 Å². The number of rotatable bonds is 4. The lowest BCUT2D eigenvalue weighted by molar-refractivity contribution is 0.774. The molecule has 1 aliphatic carbocycles. The lowest BCUT2D eigenvalue weighted by atomic mass is 10.3. The first-order chi connectivity index (χ1) is 7.31. The highest BCUT2D eigenvalue weighted by atomic mass is 15.2. The normalized spacial score (nSPS) is 14.7. The average molecular weight is 202 g/mol. The largest absolute Gasteiger partial charge is 0.352 e. The van der Waals surface area contributed by atoms with Gasteiger partial charge in [-0.3, -0.25) is 0 Å². The predicted molar refractivity (Wildman–Crippen MR) is 57.4 cm³/mol. The third-order valence-corrected chi connectivity index (χ3v) is 2.54. The van der Waals surface area contributed by atoms with Gasteiger partial charge in [-0.05, 0) is 19.8 Å². The number of hydrogen-bond donors (Lipinski definition) is 0. The molecular weight excluding hydrogens is 188 g/mol. The molecule has 1 aromatic heterocycles. The first kappa shape index (κ1) is 9.91. The summed E-state index contributed by atoms with van der Waals surface area (Å²) >= 11 is 0. The first-order valence-corrected chi connectivity index (χ1v) is 5.23. The van der Waals surface area contributed by atoms with Crippen LogP contribution in [0.25, 0.3) is 0 Å². The Kier molecular flexibility index (Phi) is 2.82. The molecule has 1 saturated carbocycles. The van der Waals surface area contributed by atoms with Crippen molar-refractivity contribution in [2.45, 2.75) is 32.2 Å². The topological polar surface area (TPSA) is 52.8 Å². The van der Waals surface area contributed by atoms with Crippen LogP contribution in [0.1, 0.15) is 25.0 Å². The molecule has 0 spiro atoms. The van der Waals surface area contributed by atoms with E-state index in [1.165, 1.54) is 12.8 Å². The second-order valence-electron chi connectivity index (χ2n) is 3.85. The lowest BCUT2D eigenvalue weighted by Gasteiger charge is -2.22. The van der Waals surface area contributed by atoms with Gasteiger partial charge in [-0.25, -0.2) is 9.97 Å². The third kappa shape index (κ3) is 2.44. The quantitative estimate of drug-likeness (QED) is 0.745. The summed E-state index contributed by atoms with van der Waals surface area (Å²) in [6.45, 7) is 2.73. The van der Waals surface area contributed by atoms with Gasteiger partial charge in [0.1, 0.15) is 12.1 Å². The van der Waals surface area contributed by atoms with Crippen molar-refractivity contribution in [1.82, 2.24) is 9.97 Å². The molecule has 1 fully saturated rings. The molecule has 0 N–H and O–H groups in total. The zero-order chi connectivity index (χ0) is 10.7. The van der Waals surface area contributed by atoms with E-state index in [0.717, 1.165) is 18.1 Å². The minimum Gasteiger partial charge on any atom is -0.352 e. The molecule has 1 aliphatic rings. The summed E-state index contributed by atoms with van der Waals surface area (Å²) in [4.78, 5) is 10.6. The smallest absolute Gasteiger partial charge is 0.132 e. The van der Waals surface area contributed by atoms with E-state index >= 15 is 0 Å². The van der Waals surface area contributed by atoms with Crippen LogP contribution >= 0.6 is 0 Å². The van der Waals surface area contributed by atoms with Crippen LogP contribution in [0.5, 0.6) is 0 Å². The summed E-state index contributed by atoms with van der Waals surface area (Å²) in [6, 6.07) is 4.75. The Hall–Kier alpha value is -1.63. The lowest BCUT2D eigenvalue weighted by Crippen LogP contribution is -2.27. The molecule has 0 aliphatic heterocycles. The Morgan fingerprint density at radius 2 is 2.33 bits per heavy atom. The molecule has 15 heavy (non-hydrogen) atoms. The Morgan fingerprint density at radius 1 is 1.53 bits per heavy atom. The zero-order valence-corrected chi connectivity index (χ0v) is 8.85. The van der Waals surface area contributed by atoms with Gasteiger partial charge in [-0.15, -0.1) is 0 Å². The van der Waals surface area contributed by atoms with Crippen molar-refractivity contribution in [2.24, 2.45) is 0 Å². The van der Waals surface area contributed by atoms with Crippen molar-refractivity contribution in [2.75, 3.05) is 11.4 Å². The van der Waals surface area contributed by atoms with Gasteiger partial charge in [0.15, 0.2) is 0 Å². The van der Waals surface area contributed by atoms with E-state index in [1.54, 1.807) is 6.33 Å². The van der Waals surface area contributed by atoms with Crippen LogP contribution in [0.15, 0.2) is 12.4 Å². The maximum Gasteiger partial charge on any atom is 0.132 e. The number of nitrogens with zero attached hydrogens (tertiary/aromatic N) is 4. The molecule has 0 atom stereocenters. The van der Waals surface area contributed by atoms with Crippen molar-refractivity contribution >= 4 is 5.82 Å². The number of nitriles is 1. The molecule has 1 heterocycles. The van der Waals surface area contributed by atoms with Crippen LogP contribution in [0, 0.1) is 18.3 Å². The highest BCUT2D eigenvalue weighted by molar-refractivity contribution is 5.41. The maximum atomic E-state index is 8.61. The van der Waals surface area contributed by atoms with E-state index in [1.807, 2.05) is 13.0 Å². The summed E-state index contributed by atoms with van der Waals surface area (Å²) in [6.07, 6.45) is 4.58. The van der Waals surface area contributed by atoms with Gasteiger partial charge in [-0.1, -0.05) is 0 Å². The molecule has 0 unspecified atom stereocenters. The van der Waals surface area contributed by atoms with Crippen molar-refractivity contribution in [1.29, 1.82) is 5.26 Å². The fourth-order valence-electron chi connectivity index (χ4n) is 1.64. The summed E-state index contributed by atoms with van der Waals surface area (Å²) in [5, 5.41) is 8.61. The van der Waals surface area contributed by atoms with Gasteiger partial charge in [0.05, 0.1) is 12.5 Å². The molecule has 0 radical (unpaired) electrons. The number of hydrogen-bond acceptors (Lipinski definition) is 4. The fourth-order valence-corrected chi connectivity index (χ4v) is 1.64. The van der Waals surface area contributed by atoms with Gasteiger partial charge in [0.25, 0.3) is 0 Å². The van der Waals surface area contributed by atoms with Crippen LogP contribution in [-0.2, 0) is 0 Å². The number of anilines is 1. The van der Waals surface area contributed by atoms with Crippen molar-refractivity contribution in [3.05, 3.63) is 18.1 Å². The number of aryl methyl sites for hydroxylation is 1. The Morgan fingerprint density at radius 3 is 2.93 bits per heavy atom. The monoisotopic (exact) mass is 202 g/mol. The zero-order valence-electron chi connectivity index (χ0n) is 8.85. The van der Waals surface area contributed by atoms with Gasteiger partial charge in [0, 0.05) is 24.3 Å². The molecule has 0 bridgehead atoms. The molecule has 78 valence electrons. The van der Waals surface area contributed by atoms with Crippen LogP contribution in [-0.4, -0.2) is 22.6 Å². The summed E-state index contributed by atoms with van der Waals surface area (Å²) in [5.74, 6) is 0.959. The molecular formula is C11H14N4. The molecule has 0 saturated heterocycles.